The highest BCUT2D eigenvalue weighted by atomic mass is 14.7. The van der Waals surface area contributed by atoms with Crippen LogP contribution < -0.4 is 5.73 Å². The topological polar surface area (TPSA) is 51.8 Å². The summed E-state index contributed by atoms with van der Waals surface area (Å²) < 4.78 is 0. The molecule has 0 radical (unpaired) electrons. The highest BCUT2D eigenvalue weighted by molar-refractivity contribution is 5.94. The van der Waals surface area contributed by atoms with Gasteiger partial charge in [0.25, 0.3) is 0 Å². The monoisotopic (exact) mass is 235 g/mol. The first-order valence-corrected chi connectivity index (χ1v) is 5.87. The third-order valence-electron chi connectivity index (χ3n) is 3.06. The number of para-hydroxylation sites is 1. The molecular formula is C15H13N3. The number of hydrogen-bond donors (Lipinski definition) is 1. The predicted molar refractivity (Wildman–Crippen MR) is 72.9 cm³/mol. The van der Waals surface area contributed by atoms with Crippen molar-refractivity contribution in [1.29, 1.82) is 0 Å². The number of benzene rings is 1. The van der Waals surface area contributed by atoms with Crippen LogP contribution in [0.15, 0.2) is 55.0 Å². The Hall–Kier alpha value is -2.26. The zero-order chi connectivity index (χ0) is 12.4. The van der Waals surface area contributed by atoms with Gasteiger partial charge in [-0.2, -0.15) is 0 Å². The fourth-order valence-corrected chi connectivity index (χ4v) is 2.18. The van der Waals surface area contributed by atoms with E-state index in [4.69, 9.17) is 5.73 Å². The van der Waals surface area contributed by atoms with Crippen LogP contribution in [-0.4, -0.2) is 9.97 Å². The first-order valence-electron chi connectivity index (χ1n) is 5.87. The normalized spacial score (nSPS) is 10.7. The molecule has 2 N–H and O–H groups in total. The van der Waals surface area contributed by atoms with Crippen molar-refractivity contribution in [3.8, 4) is 11.1 Å². The fraction of sp³-hybridized carbons (Fsp3) is 0.0667. The van der Waals surface area contributed by atoms with Crippen LogP contribution in [0.3, 0.4) is 0 Å². The van der Waals surface area contributed by atoms with E-state index in [2.05, 4.69) is 16.0 Å². The minimum atomic E-state index is 0.486. The molecule has 88 valence electrons. The minimum Gasteiger partial charge on any atom is -0.326 e. The van der Waals surface area contributed by atoms with Crippen molar-refractivity contribution in [3.05, 3.63) is 60.6 Å². The number of pyridine rings is 2. The number of nitrogens with zero attached hydrogens (tertiary/aromatic N) is 2. The summed E-state index contributed by atoms with van der Waals surface area (Å²) in [6, 6.07) is 12.1. The molecule has 3 heteroatoms. The summed E-state index contributed by atoms with van der Waals surface area (Å²) in [5, 5.41) is 1.14. The summed E-state index contributed by atoms with van der Waals surface area (Å²) in [5.74, 6) is 0. The van der Waals surface area contributed by atoms with Gasteiger partial charge in [-0.3, -0.25) is 9.97 Å². The Bertz CT molecular complexity index is 687. The van der Waals surface area contributed by atoms with Gasteiger partial charge in [0.05, 0.1) is 5.52 Å². The molecule has 3 nitrogen and oxygen atoms in total. The van der Waals surface area contributed by atoms with E-state index in [0.717, 1.165) is 27.6 Å². The second-order valence-electron chi connectivity index (χ2n) is 4.11. The van der Waals surface area contributed by atoms with Gasteiger partial charge in [0.15, 0.2) is 0 Å². The molecule has 0 aliphatic rings. The summed E-state index contributed by atoms with van der Waals surface area (Å²) >= 11 is 0. The van der Waals surface area contributed by atoms with Crippen molar-refractivity contribution in [1.82, 2.24) is 9.97 Å². The van der Waals surface area contributed by atoms with Crippen molar-refractivity contribution in [2.24, 2.45) is 5.73 Å². The summed E-state index contributed by atoms with van der Waals surface area (Å²) in [6.07, 6.45) is 5.45. The molecule has 1 aromatic carbocycles. The Kier molecular flexibility index (Phi) is 2.74. The van der Waals surface area contributed by atoms with E-state index in [9.17, 15) is 0 Å². The zero-order valence-corrected chi connectivity index (χ0v) is 9.88. The van der Waals surface area contributed by atoms with Crippen molar-refractivity contribution in [3.63, 3.8) is 0 Å². The van der Waals surface area contributed by atoms with Gasteiger partial charge in [-0.15, -0.1) is 0 Å². The van der Waals surface area contributed by atoms with Crippen molar-refractivity contribution >= 4 is 10.9 Å². The van der Waals surface area contributed by atoms with Crippen molar-refractivity contribution in [2.45, 2.75) is 6.54 Å². The van der Waals surface area contributed by atoms with E-state index in [1.54, 1.807) is 6.20 Å². The lowest BCUT2D eigenvalue weighted by atomic mass is 9.98. The highest BCUT2D eigenvalue weighted by Crippen LogP contribution is 2.29. The van der Waals surface area contributed by atoms with Crippen LogP contribution in [0.1, 0.15) is 5.56 Å². The molecule has 2 heterocycles. The maximum atomic E-state index is 5.78. The van der Waals surface area contributed by atoms with Crippen LogP contribution in [0.5, 0.6) is 0 Å². The number of aromatic nitrogens is 2. The van der Waals surface area contributed by atoms with Crippen LogP contribution in [-0.2, 0) is 6.54 Å². The Morgan fingerprint density at radius 1 is 0.944 bits per heavy atom. The molecule has 0 aliphatic carbocycles. The lowest BCUT2D eigenvalue weighted by Crippen LogP contribution is -2.00. The van der Waals surface area contributed by atoms with Gasteiger partial charge in [-0.1, -0.05) is 18.2 Å². The van der Waals surface area contributed by atoms with E-state index in [1.807, 2.05) is 42.7 Å². The first-order chi connectivity index (χ1) is 8.90. The number of fused-ring (bicyclic) bond motifs is 1. The Balaban J connectivity index is 2.32. The number of nitrogens with two attached hydrogens (primary N) is 1. The molecule has 18 heavy (non-hydrogen) atoms. The molecule has 0 bridgehead atoms. The van der Waals surface area contributed by atoms with E-state index in [0.29, 0.717) is 6.54 Å². The molecule has 3 aromatic rings. The van der Waals surface area contributed by atoms with Gasteiger partial charge in [-0.25, -0.2) is 0 Å². The summed E-state index contributed by atoms with van der Waals surface area (Å²) in [7, 11) is 0. The molecule has 0 saturated heterocycles. The maximum absolute atomic E-state index is 5.78. The van der Waals surface area contributed by atoms with Crippen LogP contribution in [0, 0.1) is 0 Å². The smallest absolute Gasteiger partial charge is 0.0708 e. The SMILES string of the molecule is NCc1cnccc1-c1ccnc2ccccc12. The van der Waals surface area contributed by atoms with E-state index < -0.39 is 0 Å². The molecule has 0 spiro atoms. The van der Waals surface area contributed by atoms with Gasteiger partial charge in [0.1, 0.15) is 0 Å². The van der Waals surface area contributed by atoms with Crippen LogP contribution >= 0.6 is 0 Å². The third-order valence-corrected chi connectivity index (χ3v) is 3.06. The van der Waals surface area contributed by atoms with Gasteiger partial charge in [0, 0.05) is 30.5 Å². The Morgan fingerprint density at radius 3 is 2.67 bits per heavy atom. The third kappa shape index (κ3) is 1.75. The van der Waals surface area contributed by atoms with Crippen LogP contribution in [0.2, 0.25) is 0 Å². The molecule has 0 amide bonds. The molecular weight excluding hydrogens is 222 g/mol. The van der Waals surface area contributed by atoms with E-state index in [1.165, 1.54) is 0 Å². The van der Waals surface area contributed by atoms with Gasteiger partial charge in [0.2, 0.25) is 0 Å². The molecule has 3 rings (SSSR count). The van der Waals surface area contributed by atoms with E-state index in [-0.39, 0.29) is 0 Å². The minimum absolute atomic E-state index is 0.486. The summed E-state index contributed by atoms with van der Waals surface area (Å²) in [6.45, 7) is 0.486. The molecule has 0 saturated carbocycles. The average Bonchev–Trinajstić information content (AvgIpc) is 2.46. The summed E-state index contributed by atoms with van der Waals surface area (Å²) in [4.78, 5) is 8.50. The second-order valence-corrected chi connectivity index (χ2v) is 4.11. The quantitative estimate of drug-likeness (QED) is 0.743. The largest absolute Gasteiger partial charge is 0.326 e. The standard InChI is InChI=1S/C15H13N3/c16-9-11-10-17-7-5-12(11)13-6-8-18-15-4-2-1-3-14(13)15/h1-8,10H,9,16H2. The average molecular weight is 235 g/mol. The zero-order valence-electron chi connectivity index (χ0n) is 9.88. The number of rotatable bonds is 2. The first kappa shape index (κ1) is 10.9. The Labute approximate surface area is 105 Å². The van der Waals surface area contributed by atoms with Crippen molar-refractivity contribution < 1.29 is 0 Å². The van der Waals surface area contributed by atoms with Gasteiger partial charge < -0.3 is 5.73 Å². The number of hydrogen-bond acceptors (Lipinski definition) is 3. The van der Waals surface area contributed by atoms with Gasteiger partial charge >= 0.3 is 0 Å². The maximum Gasteiger partial charge on any atom is 0.0708 e. The van der Waals surface area contributed by atoms with Crippen LogP contribution in [0.4, 0.5) is 0 Å². The fourth-order valence-electron chi connectivity index (χ4n) is 2.18. The molecule has 0 unspecified atom stereocenters. The second kappa shape index (κ2) is 4.55. The Morgan fingerprint density at radius 2 is 1.78 bits per heavy atom. The molecule has 0 fully saturated rings. The van der Waals surface area contributed by atoms with Gasteiger partial charge in [-0.05, 0) is 34.9 Å². The highest BCUT2D eigenvalue weighted by Gasteiger charge is 2.07. The predicted octanol–water partition coefficient (Wildman–Crippen LogP) is 2.76. The molecule has 0 atom stereocenters. The van der Waals surface area contributed by atoms with E-state index >= 15 is 0 Å². The lowest BCUT2D eigenvalue weighted by molar-refractivity contribution is 1.05. The van der Waals surface area contributed by atoms with Crippen molar-refractivity contribution in [2.75, 3.05) is 0 Å². The molecule has 2 aromatic heterocycles. The van der Waals surface area contributed by atoms with Crippen LogP contribution in [0.25, 0.3) is 22.0 Å². The summed E-state index contributed by atoms with van der Waals surface area (Å²) in [5.41, 5.74) is 10.1. The molecule has 0 aliphatic heterocycles. The lowest BCUT2D eigenvalue weighted by Gasteiger charge is -2.09.